The Bertz CT molecular complexity index is 931. The van der Waals surface area contributed by atoms with Gasteiger partial charge in [0.25, 0.3) is 5.89 Å². The first-order chi connectivity index (χ1) is 12.6. The van der Waals surface area contributed by atoms with E-state index in [2.05, 4.69) is 10.2 Å². The van der Waals surface area contributed by atoms with Crippen molar-refractivity contribution < 1.29 is 18.7 Å². The average molecular weight is 350 g/mol. The van der Waals surface area contributed by atoms with Gasteiger partial charge in [-0.15, -0.1) is 10.2 Å². The Labute approximate surface area is 151 Å². The molecule has 0 spiro atoms. The highest BCUT2D eigenvalue weighted by atomic mass is 16.5. The Morgan fingerprint density at radius 3 is 2.81 bits per heavy atom. The van der Waals surface area contributed by atoms with Gasteiger partial charge in [0.05, 0.1) is 7.11 Å². The Hall–Kier alpha value is -3.41. The quantitative estimate of drug-likeness (QED) is 0.497. The van der Waals surface area contributed by atoms with E-state index in [1.54, 1.807) is 13.2 Å². The molecular formula is C20H18N2O4. The average Bonchev–Trinajstić information content (AvgIpc) is 3.14. The number of rotatable bonds is 6. The lowest BCUT2D eigenvalue weighted by molar-refractivity contribution is -0.139. The summed E-state index contributed by atoms with van der Waals surface area (Å²) in [6, 6.07) is 15.1. The van der Waals surface area contributed by atoms with E-state index in [1.807, 2.05) is 55.5 Å². The molecule has 0 amide bonds. The first kappa shape index (κ1) is 17.4. The van der Waals surface area contributed by atoms with Crippen LogP contribution in [0.4, 0.5) is 0 Å². The van der Waals surface area contributed by atoms with E-state index >= 15 is 0 Å². The van der Waals surface area contributed by atoms with Gasteiger partial charge in [0.1, 0.15) is 5.75 Å². The van der Waals surface area contributed by atoms with Gasteiger partial charge in [-0.25, -0.2) is 4.79 Å². The Morgan fingerprint density at radius 2 is 2.00 bits per heavy atom. The second kappa shape index (κ2) is 8.11. The van der Waals surface area contributed by atoms with Crippen molar-refractivity contribution in [3.8, 4) is 17.2 Å². The van der Waals surface area contributed by atoms with E-state index in [-0.39, 0.29) is 12.5 Å². The molecule has 0 unspecified atom stereocenters. The third-order valence-electron chi connectivity index (χ3n) is 3.58. The van der Waals surface area contributed by atoms with Gasteiger partial charge in [0.2, 0.25) is 5.89 Å². The van der Waals surface area contributed by atoms with Crippen molar-refractivity contribution in [1.82, 2.24) is 10.2 Å². The van der Waals surface area contributed by atoms with Gasteiger partial charge in [0, 0.05) is 11.6 Å². The molecule has 6 heteroatoms. The predicted octanol–water partition coefficient (Wildman–Crippen LogP) is 3.81. The third kappa shape index (κ3) is 4.57. The summed E-state index contributed by atoms with van der Waals surface area (Å²) in [7, 11) is 1.59. The van der Waals surface area contributed by atoms with Crippen molar-refractivity contribution in [2.45, 2.75) is 13.5 Å². The second-order valence-electron chi connectivity index (χ2n) is 5.59. The molecular weight excluding hydrogens is 332 g/mol. The van der Waals surface area contributed by atoms with Crippen LogP contribution in [-0.2, 0) is 16.1 Å². The molecule has 3 aromatic rings. The molecule has 0 radical (unpaired) electrons. The van der Waals surface area contributed by atoms with Gasteiger partial charge < -0.3 is 13.9 Å². The number of esters is 1. The highest BCUT2D eigenvalue weighted by molar-refractivity contribution is 5.87. The number of carbonyl (C=O) groups is 1. The lowest BCUT2D eigenvalue weighted by Gasteiger charge is -2.00. The standard InChI is InChI=1S/C20H18N2O4/c1-14-5-3-7-16(11-14)20-22-21-18(26-20)13-25-19(23)10-9-15-6-4-8-17(12-15)24-2/h3-12H,13H2,1-2H3/b10-9+. The van der Waals surface area contributed by atoms with Crippen LogP contribution in [0.3, 0.4) is 0 Å². The molecule has 1 heterocycles. The molecule has 0 fully saturated rings. The zero-order chi connectivity index (χ0) is 18.4. The summed E-state index contributed by atoms with van der Waals surface area (Å²) in [6.07, 6.45) is 2.99. The lowest BCUT2D eigenvalue weighted by Crippen LogP contribution is -2.00. The minimum Gasteiger partial charge on any atom is -0.497 e. The van der Waals surface area contributed by atoms with E-state index in [1.165, 1.54) is 6.08 Å². The van der Waals surface area contributed by atoms with E-state index < -0.39 is 5.97 Å². The Kier molecular flexibility index (Phi) is 5.43. The van der Waals surface area contributed by atoms with Gasteiger partial charge in [-0.1, -0.05) is 29.8 Å². The maximum absolute atomic E-state index is 11.8. The van der Waals surface area contributed by atoms with Crippen molar-refractivity contribution in [2.75, 3.05) is 7.11 Å². The van der Waals surface area contributed by atoms with Gasteiger partial charge in [-0.2, -0.15) is 0 Å². The Balaban J connectivity index is 1.57. The van der Waals surface area contributed by atoms with Crippen molar-refractivity contribution in [2.24, 2.45) is 0 Å². The molecule has 0 N–H and O–H groups in total. The Morgan fingerprint density at radius 1 is 1.15 bits per heavy atom. The van der Waals surface area contributed by atoms with Crippen LogP contribution < -0.4 is 4.74 Å². The molecule has 6 nitrogen and oxygen atoms in total. The number of nitrogens with zero attached hydrogens (tertiary/aromatic N) is 2. The van der Waals surface area contributed by atoms with Crippen molar-refractivity contribution in [1.29, 1.82) is 0 Å². The summed E-state index contributed by atoms with van der Waals surface area (Å²) in [5.74, 6) is 0.856. The molecule has 0 bridgehead atoms. The highest BCUT2D eigenvalue weighted by Gasteiger charge is 2.10. The summed E-state index contributed by atoms with van der Waals surface area (Å²) in [5, 5.41) is 7.88. The molecule has 26 heavy (non-hydrogen) atoms. The number of aryl methyl sites for hydroxylation is 1. The van der Waals surface area contributed by atoms with Crippen LogP contribution in [0, 0.1) is 6.92 Å². The fourth-order valence-electron chi connectivity index (χ4n) is 2.30. The monoisotopic (exact) mass is 350 g/mol. The summed E-state index contributed by atoms with van der Waals surface area (Å²) < 4.78 is 15.8. The van der Waals surface area contributed by atoms with Gasteiger partial charge in [-0.3, -0.25) is 0 Å². The summed E-state index contributed by atoms with van der Waals surface area (Å²) >= 11 is 0. The van der Waals surface area contributed by atoms with Crippen LogP contribution in [0.25, 0.3) is 17.5 Å². The van der Waals surface area contributed by atoms with Crippen LogP contribution in [0.1, 0.15) is 17.0 Å². The molecule has 132 valence electrons. The number of methoxy groups -OCH3 is 1. The minimum absolute atomic E-state index is 0.0832. The largest absolute Gasteiger partial charge is 0.497 e. The van der Waals surface area contributed by atoms with Gasteiger partial charge in [0.15, 0.2) is 6.61 Å². The summed E-state index contributed by atoms with van der Waals surface area (Å²) in [6.45, 7) is 1.90. The topological polar surface area (TPSA) is 74.5 Å². The molecule has 0 saturated carbocycles. The van der Waals surface area contributed by atoms with Crippen molar-refractivity contribution in [3.05, 3.63) is 71.6 Å². The van der Waals surface area contributed by atoms with Gasteiger partial charge in [-0.05, 0) is 42.8 Å². The van der Waals surface area contributed by atoms with E-state index in [0.717, 1.165) is 22.4 Å². The maximum Gasteiger partial charge on any atom is 0.331 e. The zero-order valence-corrected chi connectivity index (χ0v) is 14.5. The molecule has 0 aliphatic heterocycles. The van der Waals surface area contributed by atoms with Crippen molar-refractivity contribution in [3.63, 3.8) is 0 Å². The van der Waals surface area contributed by atoms with Crippen LogP contribution in [-0.4, -0.2) is 23.3 Å². The SMILES string of the molecule is COc1cccc(/C=C/C(=O)OCc2nnc(-c3cccc(C)c3)o2)c1. The molecule has 0 atom stereocenters. The van der Waals surface area contributed by atoms with Crippen molar-refractivity contribution >= 4 is 12.0 Å². The minimum atomic E-state index is -0.497. The first-order valence-corrected chi connectivity index (χ1v) is 8.02. The first-order valence-electron chi connectivity index (χ1n) is 8.02. The highest BCUT2D eigenvalue weighted by Crippen LogP contribution is 2.19. The van der Waals surface area contributed by atoms with E-state index in [9.17, 15) is 4.79 Å². The summed E-state index contributed by atoms with van der Waals surface area (Å²) in [4.78, 5) is 11.8. The number of ether oxygens (including phenoxy) is 2. The molecule has 0 saturated heterocycles. The second-order valence-corrected chi connectivity index (χ2v) is 5.59. The fraction of sp³-hybridized carbons (Fsp3) is 0.150. The van der Waals surface area contributed by atoms with Crippen LogP contribution >= 0.6 is 0 Å². The number of benzene rings is 2. The number of hydrogen-bond acceptors (Lipinski definition) is 6. The van der Waals surface area contributed by atoms with Crippen LogP contribution in [0.2, 0.25) is 0 Å². The van der Waals surface area contributed by atoms with Crippen LogP contribution in [0.5, 0.6) is 5.75 Å². The van der Waals surface area contributed by atoms with Gasteiger partial charge >= 0.3 is 5.97 Å². The predicted molar refractivity (Wildman–Crippen MR) is 96.3 cm³/mol. The lowest BCUT2D eigenvalue weighted by atomic mass is 10.1. The normalized spacial score (nSPS) is 10.8. The number of hydrogen-bond donors (Lipinski definition) is 0. The molecule has 1 aromatic heterocycles. The zero-order valence-electron chi connectivity index (χ0n) is 14.5. The van der Waals surface area contributed by atoms with Crippen LogP contribution in [0.15, 0.2) is 59.0 Å². The van der Waals surface area contributed by atoms with E-state index in [0.29, 0.717) is 5.89 Å². The summed E-state index contributed by atoms with van der Waals surface area (Å²) in [5.41, 5.74) is 2.75. The fourth-order valence-corrected chi connectivity index (χ4v) is 2.30. The number of carbonyl (C=O) groups excluding carboxylic acids is 1. The van der Waals surface area contributed by atoms with E-state index in [4.69, 9.17) is 13.9 Å². The molecule has 0 aliphatic rings. The maximum atomic E-state index is 11.8. The number of aromatic nitrogens is 2. The molecule has 3 rings (SSSR count). The third-order valence-corrected chi connectivity index (χ3v) is 3.58. The molecule has 2 aromatic carbocycles. The molecule has 0 aliphatic carbocycles. The smallest absolute Gasteiger partial charge is 0.331 e.